The zero-order valence-corrected chi connectivity index (χ0v) is 10.9. The van der Waals surface area contributed by atoms with Crippen LogP contribution in [0.2, 0.25) is 0 Å². The van der Waals surface area contributed by atoms with Crippen molar-refractivity contribution in [1.29, 1.82) is 0 Å². The van der Waals surface area contributed by atoms with Crippen molar-refractivity contribution in [1.82, 2.24) is 5.32 Å². The number of aliphatic carboxylic acids is 1. The van der Waals surface area contributed by atoms with Gasteiger partial charge in [0.1, 0.15) is 11.8 Å². The van der Waals surface area contributed by atoms with Gasteiger partial charge in [-0.05, 0) is 31.0 Å². The standard InChI is InChI=1S/C13H16N2O5/c1-7-2-3-8(6-10(7)16)12(18)15-9(13(19)20)4-5-11(14)17/h2-3,6,9,16H,4-5H2,1H3,(H2,14,17)(H,15,18)(H,19,20)/t9-/m1/s1. The van der Waals surface area contributed by atoms with Gasteiger partial charge in [0, 0.05) is 12.0 Å². The largest absolute Gasteiger partial charge is 0.508 e. The van der Waals surface area contributed by atoms with E-state index in [1.54, 1.807) is 13.0 Å². The molecule has 1 rings (SSSR count). The highest BCUT2D eigenvalue weighted by Gasteiger charge is 2.21. The molecule has 0 aliphatic rings. The second-order valence-corrected chi connectivity index (χ2v) is 4.37. The van der Waals surface area contributed by atoms with Gasteiger partial charge in [0.2, 0.25) is 5.91 Å². The molecule has 0 heterocycles. The Morgan fingerprint density at radius 2 is 2.00 bits per heavy atom. The molecule has 0 saturated carbocycles. The van der Waals surface area contributed by atoms with Gasteiger partial charge in [-0.1, -0.05) is 6.07 Å². The van der Waals surface area contributed by atoms with E-state index in [0.717, 1.165) is 0 Å². The molecule has 0 aliphatic carbocycles. The maximum Gasteiger partial charge on any atom is 0.326 e. The minimum absolute atomic E-state index is 0.0540. The third-order valence-electron chi connectivity index (χ3n) is 2.75. The number of phenols is 1. The van der Waals surface area contributed by atoms with Crippen molar-refractivity contribution in [3.05, 3.63) is 29.3 Å². The molecule has 0 radical (unpaired) electrons. The number of primary amides is 1. The molecule has 0 aliphatic heterocycles. The molecule has 2 amide bonds. The van der Waals surface area contributed by atoms with E-state index in [0.29, 0.717) is 5.56 Å². The molecule has 1 atom stereocenters. The SMILES string of the molecule is Cc1ccc(C(=O)N[C@H](CCC(N)=O)C(=O)O)cc1O. The Bertz CT molecular complexity index is 542. The lowest BCUT2D eigenvalue weighted by molar-refractivity contribution is -0.139. The van der Waals surface area contributed by atoms with Crippen LogP contribution in [0.5, 0.6) is 5.75 Å². The summed E-state index contributed by atoms with van der Waals surface area (Å²) in [5.74, 6) is -2.59. The highest BCUT2D eigenvalue weighted by Crippen LogP contribution is 2.17. The summed E-state index contributed by atoms with van der Waals surface area (Å²) in [4.78, 5) is 33.5. The summed E-state index contributed by atoms with van der Waals surface area (Å²) in [7, 11) is 0. The van der Waals surface area contributed by atoms with Crippen molar-refractivity contribution >= 4 is 17.8 Å². The second kappa shape index (κ2) is 6.55. The van der Waals surface area contributed by atoms with Crippen LogP contribution in [0.4, 0.5) is 0 Å². The zero-order chi connectivity index (χ0) is 15.3. The molecular formula is C13H16N2O5. The van der Waals surface area contributed by atoms with E-state index in [4.69, 9.17) is 10.8 Å². The van der Waals surface area contributed by atoms with Gasteiger partial charge in [0.15, 0.2) is 0 Å². The van der Waals surface area contributed by atoms with Crippen LogP contribution < -0.4 is 11.1 Å². The zero-order valence-electron chi connectivity index (χ0n) is 10.9. The lowest BCUT2D eigenvalue weighted by atomic mass is 10.1. The fraction of sp³-hybridized carbons (Fsp3) is 0.308. The van der Waals surface area contributed by atoms with Crippen LogP contribution in [-0.2, 0) is 9.59 Å². The molecule has 0 bridgehead atoms. The number of hydrogen-bond donors (Lipinski definition) is 4. The Morgan fingerprint density at radius 3 is 2.50 bits per heavy atom. The normalized spacial score (nSPS) is 11.7. The number of carboxylic acids is 1. The number of nitrogens with two attached hydrogens (primary N) is 1. The first-order valence-electron chi connectivity index (χ1n) is 5.93. The fourth-order valence-electron chi connectivity index (χ4n) is 1.54. The van der Waals surface area contributed by atoms with E-state index < -0.39 is 23.8 Å². The molecule has 0 saturated heterocycles. The number of carboxylic acid groups (broad SMARTS) is 1. The lowest BCUT2D eigenvalue weighted by Crippen LogP contribution is -2.41. The topological polar surface area (TPSA) is 130 Å². The summed E-state index contributed by atoms with van der Waals surface area (Å²) in [6.07, 6.45) is -0.232. The van der Waals surface area contributed by atoms with Crippen molar-refractivity contribution in [3.63, 3.8) is 0 Å². The van der Waals surface area contributed by atoms with Crippen LogP contribution >= 0.6 is 0 Å². The van der Waals surface area contributed by atoms with Crippen LogP contribution in [0.15, 0.2) is 18.2 Å². The molecule has 1 aromatic rings. The van der Waals surface area contributed by atoms with Crippen molar-refractivity contribution in [2.45, 2.75) is 25.8 Å². The number of aryl methyl sites for hydroxylation is 1. The Kier molecular flexibility index (Phi) is 5.08. The summed E-state index contributed by atoms with van der Waals surface area (Å²) >= 11 is 0. The first kappa shape index (κ1) is 15.5. The molecule has 108 valence electrons. The molecule has 0 fully saturated rings. The minimum atomic E-state index is -1.25. The van der Waals surface area contributed by atoms with Gasteiger partial charge in [0.25, 0.3) is 5.91 Å². The summed E-state index contributed by atoms with van der Waals surface area (Å²) in [5.41, 5.74) is 5.68. The molecule has 7 nitrogen and oxygen atoms in total. The van der Waals surface area contributed by atoms with E-state index >= 15 is 0 Å². The van der Waals surface area contributed by atoms with E-state index in [2.05, 4.69) is 5.32 Å². The third kappa shape index (κ3) is 4.27. The third-order valence-corrected chi connectivity index (χ3v) is 2.75. The summed E-state index contributed by atoms with van der Waals surface area (Å²) in [6, 6.07) is 3.05. The molecule has 0 unspecified atom stereocenters. The van der Waals surface area contributed by atoms with Crippen molar-refractivity contribution in [2.75, 3.05) is 0 Å². The second-order valence-electron chi connectivity index (χ2n) is 4.37. The highest BCUT2D eigenvalue weighted by atomic mass is 16.4. The van der Waals surface area contributed by atoms with Crippen molar-refractivity contribution in [3.8, 4) is 5.75 Å². The van der Waals surface area contributed by atoms with Gasteiger partial charge in [-0.3, -0.25) is 9.59 Å². The fourth-order valence-corrected chi connectivity index (χ4v) is 1.54. The van der Waals surface area contributed by atoms with Gasteiger partial charge in [0.05, 0.1) is 0 Å². The Morgan fingerprint density at radius 1 is 1.35 bits per heavy atom. The van der Waals surface area contributed by atoms with Crippen LogP contribution in [0, 0.1) is 6.92 Å². The molecule has 0 spiro atoms. The molecular weight excluding hydrogens is 264 g/mol. The van der Waals surface area contributed by atoms with Crippen LogP contribution in [-0.4, -0.2) is 34.0 Å². The smallest absolute Gasteiger partial charge is 0.326 e. The van der Waals surface area contributed by atoms with Crippen molar-refractivity contribution in [2.24, 2.45) is 5.73 Å². The highest BCUT2D eigenvalue weighted by molar-refractivity contribution is 5.97. The molecule has 7 heteroatoms. The number of amides is 2. The number of phenolic OH excluding ortho intramolecular Hbond substituents is 1. The van der Waals surface area contributed by atoms with Gasteiger partial charge < -0.3 is 21.3 Å². The van der Waals surface area contributed by atoms with Crippen LogP contribution in [0.1, 0.15) is 28.8 Å². The van der Waals surface area contributed by atoms with Gasteiger partial charge in [-0.25, -0.2) is 4.79 Å². The number of benzene rings is 1. The molecule has 5 N–H and O–H groups in total. The lowest BCUT2D eigenvalue weighted by Gasteiger charge is -2.14. The van der Waals surface area contributed by atoms with E-state index in [9.17, 15) is 19.5 Å². The Labute approximate surface area is 115 Å². The van der Waals surface area contributed by atoms with Crippen LogP contribution in [0.25, 0.3) is 0 Å². The average molecular weight is 280 g/mol. The van der Waals surface area contributed by atoms with E-state index in [1.807, 2.05) is 0 Å². The van der Waals surface area contributed by atoms with Gasteiger partial charge in [-0.15, -0.1) is 0 Å². The van der Waals surface area contributed by atoms with Gasteiger partial charge in [-0.2, -0.15) is 0 Å². The number of rotatable bonds is 6. The first-order valence-corrected chi connectivity index (χ1v) is 5.93. The molecule has 1 aromatic carbocycles. The number of hydrogen-bond acceptors (Lipinski definition) is 4. The Balaban J connectivity index is 2.77. The summed E-state index contributed by atoms with van der Waals surface area (Å²) in [6.45, 7) is 1.67. The first-order chi connectivity index (χ1) is 9.31. The summed E-state index contributed by atoms with van der Waals surface area (Å²) < 4.78 is 0. The quantitative estimate of drug-likeness (QED) is 0.589. The molecule has 20 heavy (non-hydrogen) atoms. The predicted octanol–water partition coefficient (Wildman–Crippen LogP) is 0.149. The van der Waals surface area contributed by atoms with E-state index in [-0.39, 0.29) is 24.2 Å². The number of carbonyl (C=O) groups excluding carboxylic acids is 2. The number of aromatic hydroxyl groups is 1. The monoisotopic (exact) mass is 280 g/mol. The number of carbonyl (C=O) groups is 3. The predicted molar refractivity (Wildman–Crippen MR) is 70.2 cm³/mol. The summed E-state index contributed by atoms with van der Waals surface area (Å²) in [5, 5.41) is 20.8. The van der Waals surface area contributed by atoms with Gasteiger partial charge >= 0.3 is 5.97 Å². The Hall–Kier alpha value is -2.57. The van der Waals surface area contributed by atoms with Crippen molar-refractivity contribution < 1.29 is 24.6 Å². The van der Waals surface area contributed by atoms with Crippen LogP contribution in [0.3, 0.4) is 0 Å². The maximum absolute atomic E-state index is 11.9. The number of nitrogens with one attached hydrogen (secondary N) is 1. The van der Waals surface area contributed by atoms with E-state index in [1.165, 1.54) is 12.1 Å². The maximum atomic E-state index is 11.9. The average Bonchev–Trinajstić information content (AvgIpc) is 2.36. The molecule has 0 aromatic heterocycles. The minimum Gasteiger partial charge on any atom is -0.508 e.